The van der Waals surface area contributed by atoms with Crippen molar-refractivity contribution in [3.63, 3.8) is 0 Å². The van der Waals surface area contributed by atoms with Gasteiger partial charge in [0.15, 0.2) is 5.12 Å². The molecule has 2 rings (SSSR count). The van der Waals surface area contributed by atoms with Gasteiger partial charge >= 0.3 is 0 Å². The molecule has 2 atom stereocenters. The summed E-state index contributed by atoms with van der Waals surface area (Å²) in [4.78, 5) is 12.2. The minimum Gasteiger partial charge on any atom is -0.381 e. The monoisotopic (exact) mass is 310 g/mol. The van der Waals surface area contributed by atoms with E-state index in [4.69, 9.17) is 5.11 Å². The fourth-order valence-corrected chi connectivity index (χ4v) is 5.10. The van der Waals surface area contributed by atoms with Crippen molar-refractivity contribution in [2.24, 2.45) is 0 Å². The van der Waals surface area contributed by atoms with Gasteiger partial charge in [-0.05, 0) is 44.0 Å². The van der Waals surface area contributed by atoms with E-state index in [1.807, 2.05) is 6.07 Å². The van der Waals surface area contributed by atoms with Crippen LogP contribution in [0.2, 0.25) is 0 Å². The molecule has 1 aromatic carbocycles. The number of thiol groups is 1. The zero-order chi connectivity index (χ0) is 15.1. The average molecular weight is 310 g/mol. The molecule has 1 aliphatic rings. The summed E-state index contributed by atoms with van der Waals surface area (Å²) in [7, 11) is 2.06. The maximum atomic E-state index is 12.2. The number of carbonyl (C=O) groups excluding carboxylic acids is 1. The van der Waals surface area contributed by atoms with Crippen molar-refractivity contribution in [1.82, 2.24) is 9.62 Å². The largest absolute Gasteiger partial charge is 0.381 e. The standard InChI is InChI=1S/C16H26N2O2S/c1-18(21-12-10-15(16(21)20)17-13-19)11-6-5-9-14-7-3-2-4-8-14/h2-4,7-8,15,17,19,21H,5-6,9-13H2,1H3. The molecule has 2 N–H and O–H groups in total. The van der Waals surface area contributed by atoms with Gasteiger partial charge in [0, 0.05) is 6.54 Å². The number of carbonyl (C=O) groups is 1. The van der Waals surface area contributed by atoms with Crippen LogP contribution in [-0.2, 0) is 11.2 Å². The first-order chi connectivity index (χ1) is 10.2. The van der Waals surface area contributed by atoms with Gasteiger partial charge in [0.25, 0.3) is 0 Å². The molecule has 2 unspecified atom stereocenters. The highest BCUT2D eigenvalue weighted by atomic mass is 32.2. The fraction of sp³-hybridized carbons (Fsp3) is 0.562. The molecule has 0 aliphatic carbocycles. The summed E-state index contributed by atoms with van der Waals surface area (Å²) in [6.45, 7) is 0.872. The van der Waals surface area contributed by atoms with Gasteiger partial charge < -0.3 is 5.11 Å². The summed E-state index contributed by atoms with van der Waals surface area (Å²) in [5, 5.41) is 12.0. The summed E-state index contributed by atoms with van der Waals surface area (Å²) in [5.74, 6) is 0.959. The number of nitrogens with one attached hydrogen (secondary N) is 1. The van der Waals surface area contributed by atoms with E-state index < -0.39 is 11.1 Å². The van der Waals surface area contributed by atoms with Crippen molar-refractivity contribution in [3.8, 4) is 0 Å². The zero-order valence-electron chi connectivity index (χ0n) is 12.7. The van der Waals surface area contributed by atoms with Crippen LogP contribution >= 0.6 is 11.1 Å². The number of nitrogens with zero attached hydrogens (tertiary/aromatic N) is 1. The molecule has 0 radical (unpaired) electrons. The lowest BCUT2D eigenvalue weighted by Gasteiger charge is -2.26. The third-order valence-electron chi connectivity index (χ3n) is 3.97. The highest BCUT2D eigenvalue weighted by Gasteiger charge is 2.33. The molecule has 21 heavy (non-hydrogen) atoms. The van der Waals surface area contributed by atoms with Crippen molar-refractivity contribution < 1.29 is 9.90 Å². The third-order valence-corrected chi connectivity index (χ3v) is 6.50. The van der Waals surface area contributed by atoms with E-state index in [-0.39, 0.29) is 12.8 Å². The SMILES string of the molecule is CN(CCCCc1ccccc1)[SH]1CCC(NCO)C1=O. The van der Waals surface area contributed by atoms with Gasteiger partial charge in [0.2, 0.25) is 0 Å². The molecule has 4 nitrogen and oxygen atoms in total. The summed E-state index contributed by atoms with van der Waals surface area (Å²) < 4.78 is 2.24. The Hall–Kier alpha value is -0.880. The fourth-order valence-electron chi connectivity index (χ4n) is 2.74. The van der Waals surface area contributed by atoms with Gasteiger partial charge in [-0.2, -0.15) is 0 Å². The molecular weight excluding hydrogens is 284 g/mol. The second-order valence-corrected chi connectivity index (χ2v) is 7.86. The number of hydrogen-bond acceptors (Lipinski definition) is 4. The number of aryl methyl sites for hydroxylation is 1. The average Bonchev–Trinajstić information content (AvgIpc) is 2.86. The molecule has 1 heterocycles. The first-order valence-electron chi connectivity index (χ1n) is 7.63. The zero-order valence-corrected chi connectivity index (χ0v) is 13.6. The second-order valence-electron chi connectivity index (χ2n) is 5.49. The van der Waals surface area contributed by atoms with E-state index in [1.54, 1.807) is 0 Å². The smallest absolute Gasteiger partial charge is 0.198 e. The van der Waals surface area contributed by atoms with Crippen molar-refractivity contribution in [1.29, 1.82) is 0 Å². The quantitative estimate of drug-likeness (QED) is 0.389. The Balaban J connectivity index is 1.68. The number of aliphatic hydroxyl groups is 1. The van der Waals surface area contributed by atoms with Gasteiger partial charge in [-0.3, -0.25) is 14.4 Å². The number of unbranched alkanes of at least 4 members (excludes halogenated alkanes) is 1. The molecule has 0 saturated carbocycles. The first kappa shape index (κ1) is 16.5. The molecule has 0 bridgehead atoms. The van der Waals surface area contributed by atoms with Gasteiger partial charge in [0.1, 0.15) is 0 Å². The van der Waals surface area contributed by atoms with Gasteiger partial charge in [-0.25, -0.2) is 0 Å². The van der Waals surface area contributed by atoms with E-state index in [0.717, 1.165) is 38.0 Å². The van der Waals surface area contributed by atoms with Crippen LogP contribution in [0.1, 0.15) is 24.8 Å². The summed E-state index contributed by atoms with van der Waals surface area (Å²) in [5.41, 5.74) is 1.38. The van der Waals surface area contributed by atoms with Crippen molar-refractivity contribution >= 4 is 16.2 Å². The number of hydrogen-bond donors (Lipinski definition) is 3. The number of aliphatic hydroxyl groups excluding tert-OH is 1. The van der Waals surface area contributed by atoms with E-state index >= 15 is 0 Å². The summed E-state index contributed by atoms with van der Waals surface area (Å²) in [6, 6.07) is 10.4. The molecule has 0 amide bonds. The maximum Gasteiger partial charge on any atom is 0.198 e. The lowest BCUT2D eigenvalue weighted by atomic mass is 10.1. The van der Waals surface area contributed by atoms with Crippen LogP contribution in [0.5, 0.6) is 0 Å². The van der Waals surface area contributed by atoms with Crippen molar-refractivity contribution in [3.05, 3.63) is 35.9 Å². The molecule has 0 spiro atoms. The molecule has 1 aromatic rings. The molecular formula is C16H26N2O2S. The minimum atomic E-state index is -0.668. The molecule has 118 valence electrons. The van der Waals surface area contributed by atoms with Gasteiger partial charge in [-0.1, -0.05) is 30.3 Å². The summed E-state index contributed by atoms with van der Waals surface area (Å²) in [6.07, 6.45) is 4.24. The van der Waals surface area contributed by atoms with Gasteiger partial charge in [0.05, 0.1) is 12.8 Å². The molecule has 1 fully saturated rings. The van der Waals surface area contributed by atoms with Crippen molar-refractivity contribution in [2.45, 2.75) is 31.7 Å². The Kier molecular flexibility index (Phi) is 6.70. The van der Waals surface area contributed by atoms with Crippen molar-refractivity contribution in [2.75, 3.05) is 26.1 Å². The Morgan fingerprint density at radius 3 is 2.81 bits per heavy atom. The molecule has 1 saturated heterocycles. The van der Waals surface area contributed by atoms with Crippen LogP contribution < -0.4 is 5.32 Å². The first-order valence-corrected chi connectivity index (χ1v) is 9.11. The Morgan fingerprint density at radius 2 is 2.10 bits per heavy atom. The topological polar surface area (TPSA) is 52.6 Å². The van der Waals surface area contributed by atoms with Crippen LogP contribution in [0.3, 0.4) is 0 Å². The van der Waals surface area contributed by atoms with Crippen LogP contribution in [0.4, 0.5) is 0 Å². The minimum absolute atomic E-state index is 0.111. The third kappa shape index (κ3) is 4.81. The summed E-state index contributed by atoms with van der Waals surface area (Å²) >= 11 is -0.668. The maximum absolute atomic E-state index is 12.2. The molecule has 0 aromatic heterocycles. The van der Waals surface area contributed by atoms with E-state index in [0.29, 0.717) is 5.12 Å². The highest BCUT2D eigenvalue weighted by Crippen LogP contribution is 2.39. The van der Waals surface area contributed by atoms with E-state index in [2.05, 4.69) is 40.9 Å². The number of rotatable bonds is 8. The Bertz CT molecular complexity index is 441. The van der Waals surface area contributed by atoms with Crippen LogP contribution in [0.25, 0.3) is 0 Å². The normalized spacial score (nSPS) is 23.9. The van der Waals surface area contributed by atoms with E-state index in [9.17, 15) is 4.79 Å². The lowest BCUT2D eigenvalue weighted by Crippen LogP contribution is -2.34. The highest BCUT2D eigenvalue weighted by molar-refractivity contribution is 8.28. The predicted octanol–water partition coefficient (Wildman–Crippen LogP) is 1.70. The Morgan fingerprint density at radius 1 is 1.33 bits per heavy atom. The van der Waals surface area contributed by atoms with Crippen LogP contribution in [0.15, 0.2) is 30.3 Å². The van der Waals surface area contributed by atoms with Crippen LogP contribution in [-0.4, -0.2) is 46.6 Å². The second kappa shape index (κ2) is 8.54. The van der Waals surface area contributed by atoms with Gasteiger partial charge in [-0.15, -0.1) is 11.1 Å². The van der Waals surface area contributed by atoms with Crippen LogP contribution in [0, 0.1) is 0 Å². The molecule has 5 heteroatoms. The molecule has 1 aliphatic heterocycles. The number of benzene rings is 1. The Labute approximate surface area is 130 Å². The predicted molar refractivity (Wildman–Crippen MR) is 89.5 cm³/mol. The lowest BCUT2D eigenvalue weighted by molar-refractivity contribution is -0.113. The van der Waals surface area contributed by atoms with E-state index in [1.165, 1.54) is 5.56 Å².